The summed E-state index contributed by atoms with van der Waals surface area (Å²) < 4.78 is 5.51. The second-order valence-electron chi connectivity index (χ2n) is 4.59. The number of hydrazone groups is 1. The van der Waals surface area contributed by atoms with Gasteiger partial charge in [0.1, 0.15) is 11.3 Å². The summed E-state index contributed by atoms with van der Waals surface area (Å²) in [7, 11) is 0. The van der Waals surface area contributed by atoms with Crippen LogP contribution in [0.5, 0.6) is 5.75 Å². The van der Waals surface area contributed by atoms with Gasteiger partial charge in [0.15, 0.2) is 5.58 Å². The highest BCUT2D eigenvalue weighted by molar-refractivity contribution is 7.99. The average Bonchev–Trinajstić information content (AvgIpc) is 2.98. The number of aromatic hydroxyl groups is 1. The molecule has 0 spiro atoms. The van der Waals surface area contributed by atoms with E-state index in [1.165, 1.54) is 18.0 Å². The van der Waals surface area contributed by atoms with Gasteiger partial charge in [-0.05, 0) is 24.3 Å². The van der Waals surface area contributed by atoms with Gasteiger partial charge in [-0.1, -0.05) is 36.0 Å². The van der Waals surface area contributed by atoms with Gasteiger partial charge in [-0.25, -0.2) is 10.4 Å². The van der Waals surface area contributed by atoms with Crippen molar-refractivity contribution in [3.8, 4) is 5.75 Å². The van der Waals surface area contributed by atoms with Gasteiger partial charge in [-0.2, -0.15) is 5.10 Å². The Morgan fingerprint density at radius 2 is 2.04 bits per heavy atom. The molecule has 0 unspecified atom stereocenters. The Bertz CT molecular complexity index is 827. The van der Waals surface area contributed by atoms with Crippen LogP contribution in [0.4, 0.5) is 0 Å². The van der Waals surface area contributed by atoms with Gasteiger partial charge in [-0.15, -0.1) is 0 Å². The quantitative estimate of drug-likeness (QED) is 0.427. The summed E-state index contributed by atoms with van der Waals surface area (Å²) in [6, 6.07) is 14.1. The Morgan fingerprint density at radius 1 is 1.26 bits per heavy atom. The van der Waals surface area contributed by atoms with Crippen LogP contribution in [-0.2, 0) is 4.79 Å². The second kappa shape index (κ2) is 6.97. The van der Waals surface area contributed by atoms with Gasteiger partial charge in [-0.3, -0.25) is 4.79 Å². The van der Waals surface area contributed by atoms with Crippen molar-refractivity contribution in [1.29, 1.82) is 0 Å². The summed E-state index contributed by atoms with van der Waals surface area (Å²) in [5, 5.41) is 13.8. The summed E-state index contributed by atoms with van der Waals surface area (Å²) >= 11 is 1.19. The van der Waals surface area contributed by atoms with Gasteiger partial charge in [0, 0.05) is 5.56 Å². The molecule has 0 aliphatic rings. The topological polar surface area (TPSA) is 87.7 Å². The number of carbonyl (C=O) groups excluding carboxylic acids is 1. The zero-order valence-electron chi connectivity index (χ0n) is 12.0. The maximum atomic E-state index is 11.7. The third-order valence-corrected chi connectivity index (χ3v) is 3.76. The van der Waals surface area contributed by atoms with Crippen molar-refractivity contribution in [3.05, 3.63) is 54.1 Å². The van der Waals surface area contributed by atoms with Gasteiger partial charge in [0.2, 0.25) is 0 Å². The van der Waals surface area contributed by atoms with Gasteiger partial charge >= 0.3 is 0 Å². The number of para-hydroxylation sites is 3. The SMILES string of the molecule is O=C(CSc1nc2ccccc2o1)NN=Cc1ccccc1O. The fraction of sp³-hybridized carbons (Fsp3) is 0.0625. The zero-order valence-corrected chi connectivity index (χ0v) is 12.8. The van der Waals surface area contributed by atoms with Crippen LogP contribution in [0, 0.1) is 0 Å². The number of carbonyl (C=O) groups is 1. The molecule has 0 aliphatic carbocycles. The van der Waals surface area contributed by atoms with Crippen LogP contribution < -0.4 is 5.43 Å². The maximum absolute atomic E-state index is 11.7. The molecule has 0 saturated heterocycles. The van der Waals surface area contributed by atoms with Crippen LogP contribution >= 0.6 is 11.8 Å². The lowest BCUT2D eigenvalue weighted by Gasteiger charge is -1.98. The number of aromatic nitrogens is 1. The lowest BCUT2D eigenvalue weighted by Crippen LogP contribution is -2.19. The van der Waals surface area contributed by atoms with E-state index in [2.05, 4.69) is 15.5 Å². The first-order valence-corrected chi connectivity index (χ1v) is 7.79. The minimum atomic E-state index is -0.288. The normalized spacial score (nSPS) is 11.1. The molecule has 116 valence electrons. The molecular weight excluding hydrogens is 314 g/mol. The molecule has 23 heavy (non-hydrogen) atoms. The molecule has 3 aromatic rings. The molecule has 1 amide bonds. The van der Waals surface area contributed by atoms with Crippen molar-refractivity contribution in [2.75, 3.05) is 5.75 Å². The molecule has 7 heteroatoms. The van der Waals surface area contributed by atoms with Crippen LogP contribution in [-0.4, -0.2) is 28.0 Å². The fourth-order valence-electron chi connectivity index (χ4n) is 1.84. The minimum Gasteiger partial charge on any atom is -0.507 e. The summed E-state index contributed by atoms with van der Waals surface area (Å²) in [5.74, 6) is -0.0550. The number of fused-ring (bicyclic) bond motifs is 1. The van der Waals surface area contributed by atoms with E-state index in [1.807, 2.05) is 24.3 Å². The predicted molar refractivity (Wildman–Crippen MR) is 88.6 cm³/mol. The molecule has 0 saturated carbocycles. The molecule has 2 N–H and O–H groups in total. The van der Waals surface area contributed by atoms with E-state index in [-0.39, 0.29) is 17.4 Å². The molecule has 1 heterocycles. The number of nitrogens with zero attached hydrogens (tertiary/aromatic N) is 2. The molecule has 0 atom stereocenters. The Balaban J connectivity index is 1.52. The lowest BCUT2D eigenvalue weighted by atomic mass is 10.2. The third kappa shape index (κ3) is 3.89. The minimum absolute atomic E-state index is 0.103. The third-order valence-electron chi connectivity index (χ3n) is 2.93. The number of benzene rings is 2. The lowest BCUT2D eigenvalue weighted by molar-refractivity contribution is -0.118. The van der Waals surface area contributed by atoms with Crippen LogP contribution in [0.2, 0.25) is 0 Å². The molecule has 0 aliphatic heterocycles. The van der Waals surface area contributed by atoms with E-state index in [4.69, 9.17) is 4.42 Å². The second-order valence-corrected chi connectivity index (χ2v) is 5.51. The number of hydrogen-bond donors (Lipinski definition) is 2. The van der Waals surface area contributed by atoms with E-state index in [1.54, 1.807) is 24.3 Å². The molecule has 0 radical (unpaired) electrons. The number of hydrogen-bond acceptors (Lipinski definition) is 6. The fourth-order valence-corrected chi connectivity index (χ4v) is 2.47. The van der Waals surface area contributed by atoms with E-state index in [9.17, 15) is 9.90 Å². The Hall–Kier alpha value is -2.80. The Kier molecular flexibility index (Phi) is 4.58. The van der Waals surface area contributed by atoms with E-state index < -0.39 is 0 Å². The van der Waals surface area contributed by atoms with Crippen molar-refractivity contribution < 1.29 is 14.3 Å². The standard InChI is InChI=1S/C16H13N3O3S/c20-13-7-3-1-5-11(13)9-17-19-15(21)10-23-16-18-12-6-2-4-8-14(12)22-16/h1-9,20H,10H2,(H,19,21). The number of phenols is 1. The van der Waals surface area contributed by atoms with Gasteiger partial charge < -0.3 is 9.52 Å². The number of phenolic OH excluding ortho intramolecular Hbond substituents is 1. The van der Waals surface area contributed by atoms with E-state index in [0.29, 0.717) is 16.4 Å². The van der Waals surface area contributed by atoms with Crippen molar-refractivity contribution in [2.24, 2.45) is 5.10 Å². The van der Waals surface area contributed by atoms with E-state index in [0.717, 1.165) is 5.52 Å². The molecule has 3 rings (SSSR count). The highest BCUT2D eigenvalue weighted by Gasteiger charge is 2.08. The largest absolute Gasteiger partial charge is 0.507 e. The molecule has 0 bridgehead atoms. The summed E-state index contributed by atoms with van der Waals surface area (Å²) in [6.07, 6.45) is 1.39. The smallest absolute Gasteiger partial charge is 0.257 e. The zero-order chi connectivity index (χ0) is 16.1. The van der Waals surface area contributed by atoms with Crippen LogP contribution in [0.1, 0.15) is 5.56 Å². The van der Waals surface area contributed by atoms with Crippen molar-refractivity contribution in [1.82, 2.24) is 10.4 Å². The molecular formula is C16H13N3O3S. The highest BCUT2D eigenvalue weighted by Crippen LogP contribution is 2.22. The highest BCUT2D eigenvalue weighted by atomic mass is 32.2. The Morgan fingerprint density at radius 3 is 2.87 bits per heavy atom. The van der Waals surface area contributed by atoms with E-state index >= 15 is 0 Å². The molecule has 1 aromatic heterocycles. The van der Waals surface area contributed by atoms with Crippen molar-refractivity contribution in [2.45, 2.75) is 5.22 Å². The van der Waals surface area contributed by atoms with Crippen LogP contribution in [0.3, 0.4) is 0 Å². The Labute approximate surface area is 136 Å². The number of amides is 1. The van der Waals surface area contributed by atoms with Crippen molar-refractivity contribution in [3.63, 3.8) is 0 Å². The first-order valence-electron chi connectivity index (χ1n) is 6.80. The number of oxazole rings is 1. The average molecular weight is 327 g/mol. The number of rotatable bonds is 5. The first kappa shape index (κ1) is 15.1. The number of nitrogens with one attached hydrogen (secondary N) is 1. The molecule has 2 aromatic carbocycles. The molecule has 6 nitrogen and oxygen atoms in total. The van der Waals surface area contributed by atoms with Gasteiger partial charge in [0.25, 0.3) is 11.1 Å². The first-order chi connectivity index (χ1) is 11.2. The monoisotopic (exact) mass is 327 g/mol. The summed E-state index contributed by atoms with van der Waals surface area (Å²) in [4.78, 5) is 16.0. The predicted octanol–water partition coefficient (Wildman–Crippen LogP) is 2.78. The summed E-state index contributed by atoms with van der Waals surface area (Å²) in [6.45, 7) is 0. The van der Waals surface area contributed by atoms with Crippen molar-refractivity contribution >= 4 is 35.0 Å². The van der Waals surface area contributed by atoms with Gasteiger partial charge in [0.05, 0.1) is 12.0 Å². The van der Waals surface area contributed by atoms with Crippen LogP contribution in [0.25, 0.3) is 11.1 Å². The molecule has 0 fully saturated rings. The van der Waals surface area contributed by atoms with Crippen LogP contribution in [0.15, 0.2) is 63.3 Å². The number of thioether (sulfide) groups is 1. The maximum Gasteiger partial charge on any atom is 0.257 e. The summed E-state index contributed by atoms with van der Waals surface area (Å²) in [5.41, 5.74) is 4.36.